The van der Waals surface area contributed by atoms with Crippen LogP contribution < -0.4 is 10.1 Å². The van der Waals surface area contributed by atoms with Gasteiger partial charge in [0, 0.05) is 5.56 Å². The van der Waals surface area contributed by atoms with Crippen molar-refractivity contribution in [3.63, 3.8) is 0 Å². The summed E-state index contributed by atoms with van der Waals surface area (Å²) < 4.78 is 10.5. The lowest BCUT2D eigenvalue weighted by molar-refractivity contribution is 0.272. The number of hydrogen-bond donors (Lipinski definition) is 1. The van der Waals surface area contributed by atoms with E-state index < -0.39 is 0 Å². The fourth-order valence-electron chi connectivity index (χ4n) is 1.87. The van der Waals surface area contributed by atoms with E-state index in [0.29, 0.717) is 11.7 Å². The zero-order chi connectivity index (χ0) is 13.9. The lowest BCUT2D eigenvalue weighted by Crippen LogP contribution is -2.36. The molecule has 1 heterocycles. The molecule has 19 heavy (non-hydrogen) atoms. The molecule has 0 radical (unpaired) electrons. The number of aromatic nitrogens is 2. The standard InChI is InChI=1S/C14H19N3O2/c1-5-15-14(2,3)13-16-12(17-19-13)10-7-6-8-11(9-10)18-4/h6-9,15H,5H2,1-4H3. The summed E-state index contributed by atoms with van der Waals surface area (Å²) in [6.45, 7) is 6.91. The number of nitrogens with zero attached hydrogens (tertiary/aromatic N) is 2. The fraction of sp³-hybridized carbons (Fsp3) is 0.429. The number of rotatable bonds is 5. The Bertz CT molecular complexity index is 549. The lowest BCUT2D eigenvalue weighted by Gasteiger charge is -2.20. The summed E-state index contributed by atoms with van der Waals surface area (Å²) in [5.41, 5.74) is 0.542. The maximum absolute atomic E-state index is 5.35. The SMILES string of the molecule is CCNC(C)(C)c1nc(-c2cccc(OC)c2)no1. The second-order valence-electron chi connectivity index (χ2n) is 4.81. The van der Waals surface area contributed by atoms with Gasteiger partial charge in [-0.3, -0.25) is 0 Å². The lowest BCUT2D eigenvalue weighted by atomic mass is 10.1. The van der Waals surface area contributed by atoms with Crippen LogP contribution in [0, 0.1) is 0 Å². The van der Waals surface area contributed by atoms with E-state index in [1.54, 1.807) is 7.11 Å². The third-order valence-electron chi connectivity index (χ3n) is 2.91. The summed E-state index contributed by atoms with van der Waals surface area (Å²) in [6, 6.07) is 7.60. The molecule has 0 atom stereocenters. The minimum Gasteiger partial charge on any atom is -0.497 e. The highest BCUT2D eigenvalue weighted by atomic mass is 16.5. The molecular formula is C14H19N3O2. The van der Waals surface area contributed by atoms with Crippen molar-refractivity contribution in [3.8, 4) is 17.1 Å². The molecule has 0 aliphatic rings. The Labute approximate surface area is 113 Å². The van der Waals surface area contributed by atoms with Gasteiger partial charge in [-0.05, 0) is 32.5 Å². The van der Waals surface area contributed by atoms with Crippen LogP contribution in [0.15, 0.2) is 28.8 Å². The molecule has 0 spiro atoms. The van der Waals surface area contributed by atoms with Gasteiger partial charge in [-0.15, -0.1) is 0 Å². The van der Waals surface area contributed by atoms with E-state index in [2.05, 4.69) is 15.5 Å². The van der Waals surface area contributed by atoms with Crippen molar-refractivity contribution >= 4 is 0 Å². The summed E-state index contributed by atoms with van der Waals surface area (Å²) in [5, 5.41) is 7.33. The van der Waals surface area contributed by atoms with Gasteiger partial charge in [0.1, 0.15) is 5.75 Å². The van der Waals surface area contributed by atoms with Crippen LogP contribution in [0.1, 0.15) is 26.7 Å². The molecule has 0 saturated carbocycles. The fourth-order valence-corrected chi connectivity index (χ4v) is 1.87. The van der Waals surface area contributed by atoms with Crippen LogP contribution >= 0.6 is 0 Å². The summed E-state index contributed by atoms with van der Waals surface area (Å²) in [5.74, 6) is 1.92. The predicted octanol–water partition coefficient (Wildman–Crippen LogP) is 2.59. The van der Waals surface area contributed by atoms with Crippen molar-refractivity contribution in [2.45, 2.75) is 26.3 Å². The third-order valence-corrected chi connectivity index (χ3v) is 2.91. The van der Waals surface area contributed by atoms with Crippen LogP contribution in [-0.4, -0.2) is 23.8 Å². The molecule has 102 valence electrons. The number of nitrogens with one attached hydrogen (secondary N) is 1. The van der Waals surface area contributed by atoms with Gasteiger partial charge in [0.25, 0.3) is 0 Å². The third kappa shape index (κ3) is 2.93. The second kappa shape index (κ2) is 5.40. The maximum Gasteiger partial charge on any atom is 0.246 e. The predicted molar refractivity (Wildman–Crippen MR) is 73.0 cm³/mol. The highest BCUT2D eigenvalue weighted by Gasteiger charge is 2.26. The maximum atomic E-state index is 5.35. The first-order valence-corrected chi connectivity index (χ1v) is 6.30. The molecule has 1 N–H and O–H groups in total. The van der Waals surface area contributed by atoms with Crippen LogP contribution in [0.3, 0.4) is 0 Å². The normalized spacial score (nSPS) is 11.6. The highest BCUT2D eigenvalue weighted by molar-refractivity contribution is 5.56. The van der Waals surface area contributed by atoms with Crippen molar-refractivity contribution in [2.24, 2.45) is 0 Å². The van der Waals surface area contributed by atoms with Crippen molar-refractivity contribution in [3.05, 3.63) is 30.2 Å². The Morgan fingerprint density at radius 1 is 1.37 bits per heavy atom. The van der Waals surface area contributed by atoms with E-state index in [1.165, 1.54) is 0 Å². The zero-order valence-corrected chi connectivity index (χ0v) is 11.7. The Kier molecular flexibility index (Phi) is 3.85. The molecule has 2 rings (SSSR count). The molecule has 0 fully saturated rings. The van der Waals surface area contributed by atoms with Gasteiger partial charge in [-0.25, -0.2) is 0 Å². The largest absolute Gasteiger partial charge is 0.497 e. The molecule has 1 aromatic heterocycles. The van der Waals surface area contributed by atoms with E-state index in [-0.39, 0.29) is 5.54 Å². The summed E-state index contributed by atoms with van der Waals surface area (Å²) >= 11 is 0. The molecule has 0 unspecified atom stereocenters. The minimum absolute atomic E-state index is 0.334. The molecule has 5 heteroatoms. The first kappa shape index (κ1) is 13.5. The van der Waals surface area contributed by atoms with Gasteiger partial charge in [0.2, 0.25) is 11.7 Å². The highest BCUT2D eigenvalue weighted by Crippen LogP contribution is 2.24. The Balaban J connectivity index is 2.30. The molecular weight excluding hydrogens is 242 g/mol. The average Bonchev–Trinajstić information content (AvgIpc) is 2.89. The van der Waals surface area contributed by atoms with Gasteiger partial charge < -0.3 is 14.6 Å². The van der Waals surface area contributed by atoms with E-state index in [9.17, 15) is 0 Å². The molecule has 1 aromatic carbocycles. The van der Waals surface area contributed by atoms with Gasteiger partial charge in [-0.1, -0.05) is 24.2 Å². The molecule has 5 nitrogen and oxygen atoms in total. The molecule has 2 aromatic rings. The molecule has 0 aliphatic carbocycles. The van der Waals surface area contributed by atoms with Crippen LogP contribution in [0.5, 0.6) is 5.75 Å². The van der Waals surface area contributed by atoms with Gasteiger partial charge in [0.15, 0.2) is 0 Å². The molecule has 0 bridgehead atoms. The van der Waals surface area contributed by atoms with E-state index >= 15 is 0 Å². The summed E-state index contributed by atoms with van der Waals surface area (Å²) in [7, 11) is 1.63. The van der Waals surface area contributed by atoms with Crippen molar-refractivity contribution < 1.29 is 9.26 Å². The van der Waals surface area contributed by atoms with Crippen LogP contribution in [0.4, 0.5) is 0 Å². The zero-order valence-electron chi connectivity index (χ0n) is 11.7. The van der Waals surface area contributed by atoms with E-state index in [1.807, 2.05) is 45.0 Å². The Morgan fingerprint density at radius 3 is 2.84 bits per heavy atom. The smallest absolute Gasteiger partial charge is 0.246 e. The number of ether oxygens (including phenoxy) is 1. The van der Waals surface area contributed by atoms with Crippen molar-refractivity contribution in [1.29, 1.82) is 0 Å². The number of hydrogen-bond acceptors (Lipinski definition) is 5. The second-order valence-corrected chi connectivity index (χ2v) is 4.81. The molecule has 0 aliphatic heterocycles. The first-order valence-electron chi connectivity index (χ1n) is 6.30. The Morgan fingerprint density at radius 2 is 2.16 bits per heavy atom. The number of methoxy groups -OCH3 is 1. The molecule has 0 amide bonds. The summed E-state index contributed by atoms with van der Waals surface area (Å²) in [4.78, 5) is 4.45. The van der Waals surface area contributed by atoms with Gasteiger partial charge >= 0.3 is 0 Å². The van der Waals surface area contributed by atoms with Crippen molar-refractivity contribution in [1.82, 2.24) is 15.5 Å². The minimum atomic E-state index is -0.334. The van der Waals surface area contributed by atoms with Gasteiger partial charge in [-0.2, -0.15) is 4.98 Å². The van der Waals surface area contributed by atoms with Crippen LogP contribution in [0.25, 0.3) is 11.4 Å². The van der Waals surface area contributed by atoms with Crippen LogP contribution in [0.2, 0.25) is 0 Å². The summed E-state index contributed by atoms with van der Waals surface area (Å²) in [6.07, 6.45) is 0. The molecule has 0 saturated heterocycles. The average molecular weight is 261 g/mol. The van der Waals surface area contributed by atoms with Crippen LogP contribution in [-0.2, 0) is 5.54 Å². The van der Waals surface area contributed by atoms with Gasteiger partial charge in [0.05, 0.1) is 12.6 Å². The van der Waals surface area contributed by atoms with Crippen molar-refractivity contribution in [2.75, 3.05) is 13.7 Å². The number of benzene rings is 1. The quantitative estimate of drug-likeness (QED) is 0.896. The topological polar surface area (TPSA) is 60.2 Å². The first-order chi connectivity index (χ1) is 9.06. The Hall–Kier alpha value is -1.88. The van der Waals surface area contributed by atoms with E-state index in [0.717, 1.165) is 17.9 Å². The monoisotopic (exact) mass is 261 g/mol. The van der Waals surface area contributed by atoms with E-state index in [4.69, 9.17) is 9.26 Å².